The zero-order valence-electron chi connectivity index (χ0n) is 22.3. The molecule has 0 aromatic heterocycles. The van der Waals surface area contributed by atoms with Crippen LogP contribution >= 0.6 is 0 Å². The Morgan fingerprint density at radius 3 is 1.84 bits per heavy atom. The van der Waals surface area contributed by atoms with Gasteiger partial charge in [0.2, 0.25) is 0 Å². The lowest BCUT2D eigenvalue weighted by Crippen LogP contribution is -2.28. The lowest BCUT2D eigenvalue weighted by molar-refractivity contribution is -0.470. The van der Waals surface area contributed by atoms with Crippen LogP contribution < -0.4 is 5.73 Å². The average molecular weight is 434 g/mol. The Kier molecular flexibility index (Phi) is 18.6. The standard InChI is InChI=1S/C22H37N2.C5H12.CH4O/c1-8-24(14-13-17(2)3)16-19-9-11-20(12-10-19)21(18(4)23)15-22(5,6)7;1-3-5-4-2;1-2/h8-14,17-18,21H,15-16,23H2,1-7H3;3-5H2,1-2H3;2H,1H3/q+1;;/b14-13-,24-8?;;. The van der Waals surface area contributed by atoms with E-state index in [0.717, 1.165) is 20.1 Å². The molecule has 0 saturated carbocycles. The highest BCUT2D eigenvalue weighted by atomic mass is 16.2. The van der Waals surface area contributed by atoms with Gasteiger partial charge < -0.3 is 10.8 Å². The van der Waals surface area contributed by atoms with Crippen LogP contribution in [0.15, 0.2) is 36.5 Å². The van der Waals surface area contributed by atoms with Gasteiger partial charge in [-0.3, -0.25) is 0 Å². The monoisotopic (exact) mass is 433 g/mol. The smallest absolute Gasteiger partial charge is 0.173 e. The maximum Gasteiger partial charge on any atom is 0.173 e. The van der Waals surface area contributed by atoms with Crippen molar-refractivity contribution in [2.24, 2.45) is 17.1 Å². The van der Waals surface area contributed by atoms with Gasteiger partial charge in [-0.05, 0) is 42.2 Å². The molecule has 0 saturated heterocycles. The first-order valence-electron chi connectivity index (χ1n) is 12.1. The van der Waals surface area contributed by atoms with Gasteiger partial charge in [0.1, 0.15) is 6.21 Å². The van der Waals surface area contributed by atoms with E-state index in [9.17, 15) is 0 Å². The molecule has 0 bridgehead atoms. The maximum absolute atomic E-state index is 7.00. The van der Waals surface area contributed by atoms with Crippen molar-refractivity contribution in [3.05, 3.63) is 47.7 Å². The van der Waals surface area contributed by atoms with Gasteiger partial charge >= 0.3 is 0 Å². The summed E-state index contributed by atoms with van der Waals surface area (Å²) in [5.41, 5.74) is 9.22. The Bertz CT molecular complexity index is 590. The molecule has 0 fully saturated rings. The number of hydrogen-bond acceptors (Lipinski definition) is 2. The van der Waals surface area contributed by atoms with E-state index in [2.05, 4.69) is 110 Å². The Labute approximate surface area is 194 Å². The Morgan fingerprint density at radius 2 is 1.52 bits per heavy atom. The molecule has 3 heteroatoms. The summed E-state index contributed by atoms with van der Waals surface area (Å²) in [6.07, 6.45) is 11.7. The minimum atomic E-state index is 0.171. The molecule has 0 amide bonds. The van der Waals surface area contributed by atoms with E-state index in [0.29, 0.717) is 11.8 Å². The largest absolute Gasteiger partial charge is 0.400 e. The number of hydrogen-bond donors (Lipinski definition) is 2. The normalized spacial score (nSPS) is 13.9. The molecule has 1 rings (SSSR count). The Morgan fingerprint density at radius 1 is 1.00 bits per heavy atom. The molecule has 3 N–H and O–H groups in total. The quantitative estimate of drug-likeness (QED) is 0.321. The molecule has 0 radical (unpaired) electrons. The second kappa shape index (κ2) is 18.2. The predicted molar refractivity (Wildman–Crippen MR) is 140 cm³/mol. The second-order valence-electron chi connectivity index (χ2n) is 9.84. The fraction of sp³-hybridized carbons (Fsp3) is 0.679. The second-order valence-corrected chi connectivity index (χ2v) is 9.84. The third kappa shape index (κ3) is 16.9. The first-order chi connectivity index (χ1) is 14.5. The van der Waals surface area contributed by atoms with Crippen LogP contribution in [0.5, 0.6) is 0 Å². The van der Waals surface area contributed by atoms with E-state index in [1.165, 1.54) is 30.4 Å². The SMILES string of the molecule is CC=[N+](/C=C\C(C)C)Cc1ccc(C(CC(C)(C)C)C(C)N)cc1.CCCCC.CO. The molecule has 180 valence electrons. The van der Waals surface area contributed by atoms with Crippen molar-refractivity contribution < 1.29 is 9.68 Å². The van der Waals surface area contributed by atoms with E-state index >= 15 is 0 Å². The number of nitrogens with two attached hydrogens (primary N) is 1. The fourth-order valence-corrected chi connectivity index (χ4v) is 3.21. The predicted octanol–water partition coefficient (Wildman–Crippen LogP) is 7.13. The third-order valence-corrected chi connectivity index (χ3v) is 4.94. The Hall–Kier alpha value is -1.45. The van der Waals surface area contributed by atoms with Crippen molar-refractivity contribution in [3.8, 4) is 0 Å². The third-order valence-electron chi connectivity index (χ3n) is 4.94. The molecule has 0 heterocycles. The molecular weight excluding hydrogens is 380 g/mol. The summed E-state index contributed by atoms with van der Waals surface area (Å²) in [7, 11) is 1.00. The van der Waals surface area contributed by atoms with Crippen LogP contribution in [0.1, 0.15) is 105 Å². The van der Waals surface area contributed by atoms with Gasteiger partial charge in [-0.1, -0.05) is 92.0 Å². The molecule has 1 aromatic carbocycles. The average Bonchev–Trinajstić information content (AvgIpc) is 2.71. The van der Waals surface area contributed by atoms with Crippen LogP contribution in [0.3, 0.4) is 0 Å². The van der Waals surface area contributed by atoms with Crippen LogP contribution in [0.25, 0.3) is 0 Å². The van der Waals surface area contributed by atoms with Gasteiger partial charge in [0, 0.05) is 25.6 Å². The van der Waals surface area contributed by atoms with Crippen LogP contribution in [0, 0.1) is 11.3 Å². The van der Waals surface area contributed by atoms with Gasteiger partial charge in [-0.15, -0.1) is 0 Å². The van der Waals surface area contributed by atoms with Crippen molar-refractivity contribution in [1.82, 2.24) is 0 Å². The fourth-order valence-electron chi connectivity index (χ4n) is 3.21. The van der Waals surface area contributed by atoms with E-state index in [1.54, 1.807) is 0 Å². The van der Waals surface area contributed by atoms with Gasteiger partial charge in [0.25, 0.3) is 0 Å². The van der Waals surface area contributed by atoms with E-state index in [1.807, 2.05) is 0 Å². The van der Waals surface area contributed by atoms with Crippen molar-refractivity contribution >= 4 is 6.21 Å². The van der Waals surface area contributed by atoms with E-state index in [-0.39, 0.29) is 11.5 Å². The van der Waals surface area contributed by atoms with Crippen LogP contribution in [-0.4, -0.2) is 29.0 Å². The van der Waals surface area contributed by atoms with Crippen molar-refractivity contribution in [1.29, 1.82) is 0 Å². The van der Waals surface area contributed by atoms with E-state index < -0.39 is 0 Å². The number of allylic oxidation sites excluding steroid dienone is 1. The molecule has 31 heavy (non-hydrogen) atoms. The molecule has 0 spiro atoms. The number of benzene rings is 1. The van der Waals surface area contributed by atoms with Gasteiger partial charge in [0.15, 0.2) is 12.7 Å². The molecular formula is C28H53N2O+. The molecule has 2 atom stereocenters. The summed E-state index contributed by atoms with van der Waals surface area (Å²) < 4.78 is 2.23. The summed E-state index contributed by atoms with van der Waals surface area (Å²) in [6, 6.07) is 9.18. The van der Waals surface area contributed by atoms with Crippen molar-refractivity contribution in [2.45, 2.75) is 107 Å². The maximum atomic E-state index is 7.00. The minimum absolute atomic E-state index is 0.171. The summed E-state index contributed by atoms with van der Waals surface area (Å²) >= 11 is 0. The summed E-state index contributed by atoms with van der Waals surface area (Å²) in [4.78, 5) is 0. The molecule has 0 aliphatic heterocycles. The zero-order valence-corrected chi connectivity index (χ0v) is 22.3. The highest BCUT2D eigenvalue weighted by Crippen LogP contribution is 2.33. The highest BCUT2D eigenvalue weighted by molar-refractivity contribution is 5.47. The topological polar surface area (TPSA) is 49.3 Å². The van der Waals surface area contributed by atoms with Crippen LogP contribution in [0.4, 0.5) is 0 Å². The van der Waals surface area contributed by atoms with E-state index in [4.69, 9.17) is 10.8 Å². The van der Waals surface area contributed by atoms with Gasteiger partial charge in [0.05, 0.1) is 0 Å². The Balaban J connectivity index is 0. The number of nitrogens with zero attached hydrogens (tertiary/aromatic N) is 1. The summed E-state index contributed by atoms with van der Waals surface area (Å²) in [5.74, 6) is 0.979. The zero-order chi connectivity index (χ0) is 24.4. The van der Waals surface area contributed by atoms with Gasteiger partial charge in [-0.25, -0.2) is 4.58 Å². The number of unbranched alkanes of at least 4 members (excludes halogenated alkanes) is 2. The molecule has 1 aromatic rings. The van der Waals surface area contributed by atoms with Crippen molar-refractivity contribution in [3.63, 3.8) is 0 Å². The lowest BCUT2D eigenvalue weighted by Gasteiger charge is -2.29. The number of aliphatic hydroxyl groups is 1. The minimum Gasteiger partial charge on any atom is -0.400 e. The summed E-state index contributed by atoms with van der Waals surface area (Å²) in [6.45, 7) is 20.8. The highest BCUT2D eigenvalue weighted by Gasteiger charge is 2.23. The number of aliphatic hydroxyl groups excluding tert-OH is 1. The molecule has 0 aliphatic rings. The van der Waals surface area contributed by atoms with Gasteiger partial charge in [-0.2, -0.15) is 0 Å². The molecule has 3 nitrogen and oxygen atoms in total. The summed E-state index contributed by atoms with van der Waals surface area (Å²) in [5, 5.41) is 7.00. The molecule has 0 aliphatic carbocycles. The first kappa shape index (κ1) is 31.7. The lowest BCUT2D eigenvalue weighted by atomic mass is 9.78. The first-order valence-corrected chi connectivity index (χ1v) is 12.1. The molecule has 2 unspecified atom stereocenters. The number of rotatable bonds is 9. The van der Waals surface area contributed by atoms with Crippen LogP contribution in [-0.2, 0) is 6.54 Å². The van der Waals surface area contributed by atoms with Crippen LogP contribution in [0.2, 0.25) is 0 Å². The van der Waals surface area contributed by atoms with Crippen molar-refractivity contribution in [2.75, 3.05) is 7.11 Å².